The van der Waals surface area contributed by atoms with E-state index in [-0.39, 0.29) is 23.4 Å². The van der Waals surface area contributed by atoms with Gasteiger partial charge in [0.1, 0.15) is 5.41 Å². The molecule has 4 atom stereocenters. The minimum Gasteiger partial charge on any atom is -0.435 e. The number of fused-ring (bicyclic) bond motifs is 1. The highest BCUT2D eigenvalue weighted by Gasteiger charge is 2.57. The molecule has 0 bridgehead atoms. The van der Waals surface area contributed by atoms with Gasteiger partial charge in [-0.15, -0.1) is 6.58 Å². The number of allylic oxidation sites excluding steroid dienone is 1. The number of esters is 1. The molecule has 1 saturated carbocycles. The molecule has 0 aromatic heterocycles. The summed E-state index contributed by atoms with van der Waals surface area (Å²) in [6, 6.07) is 0. The Hall–Kier alpha value is -0.830. The molecule has 0 spiro atoms. The summed E-state index contributed by atoms with van der Waals surface area (Å²) in [5.41, 5.74) is -0.696. The van der Waals surface area contributed by atoms with Gasteiger partial charge in [0.25, 0.3) is 0 Å². The maximum Gasteiger partial charge on any atom is 0.317 e. The third-order valence-corrected chi connectivity index (χ3v) is 4.63. The van der Waals surface area contributed by atoms with Gasteiger partial charge in [-0.05, 0) is 25.2 Å². The van der Waals surface area contributed by atoms with Gasteiger partial charge in [-0.25, -0.2) is 0 Å². The van der Waals surface area contributed by atoms with Gasteiger partial charge in [0.15, 0.2) is 0 Å². The van der Waals surface area contributed by atoms with Crippen molar-refractivity contribution in [3.05, 3.63) is 12.7 Å². The van der Waals surface area contributed by atoms with E-state index in [1.165, 1.54) is 0 Å². The van der Waals surface area contributed by atoms with Crippen LogP contribution < -0.4 is 0 Å². The second kappa shape index (κ2) is 4.93. The molecule has 2 fully saturated rings. The molecule has 3 heteroatoms. The van der Waals surface area contributed by atoms with E-state index in [0.717, 1.165) is 19.3 Å². The fourth-order valence-corrected chi connectivity index (χ4v) is 3.38. The Morgan fingerprint density at radius 3 is 2.68 bits per heavy atom. The summed E-state index contributed by atoms with van der Waals surface area (Å²) in [6.07, 6.45) is 5.14. The minimum atomic E-state index is -0.512. The van der Waals surface area contributed by atoms with Crippen molar-refractivity contribution in [2.45, 2.75) is 65.8 Å². The monoisotopic (exact) mass is 266 g/mol. The number of cyclic esters (lactones) is 1. The van der Waals surface area contributed by atoms with Gasteiger partial charge in [-0.3, -0.25) is 4.79 Å². The van der Waals surface area contributed by atoms with Gasteiger partial charge >= 0.3 is 5.97 Å². The average molecular weight is 266 g/mol. The van der Waals surface area contributed by atoms with Crippen LogP contribution in [0.3, 0.4) is 0 Å². The predicted octanol–water partition coefficient (Wildman–Crippen LogP) is 3.68. The summed E-state index contributed by atoms with van der Waals surface area (Å²) < 4.78 is 11.8. The molecule has 0 N–H and O–H groups in total. The average Bonchev–Trinajstić information content (AvgIpc) is 2.30. The fourth-order valence-electron chi connectivity index (χ4n) is 3.38. The van der Waals surface area contributed by atoms with Crippen LogP contribution in [0.25, 0.3) is 0 Å². The van der Waals surface area contributed by atoms with Gasteiger partial charge in [-0.2, -0.15) is 0 Å². The second-order valence-corrected chi connectivity index (χ2v) is 7.09. The Bertz CT molecular complexity index is 369. The molecule has 2 rings (SSSR count). The van der Waals surface area contributed by atoms with E-state index < -0.39 is 11.7 Å². The van der Waals surface area contributed by atoms with Crippen molar-refractivity contribution in [2.75, 3.05) is 0 Å². The van der Waals surface area contributed by atoms with Crippen LogP contribution in [0.2, 0.25) is 0 Å². The number of ether oxygens (including phenoxy) is 2. The summed E-state index contributed by atoms with van der Waals surface area (Å²) in [5, 5.41) is 0. The van der Waals surface area contributed by atoms with E-state index in [2.05, 4.69) is 13.5 Å². The van der Waals surface area contributed by atoms with Crippen LogP contribution in [0.15, 0.2) is 12.7 Å². The first kappa shape index (κ1) is 14.6. The Labute approximate surface area is 116 Å². The highest BCUT2D eigenvalue weighted by atomic mass is 16.7. The third kappa shape index (κ3) is 2.33. The molecule has 19 heavy (non-hydrogen) atoms. The summed E-state index contributed by atoms with van der Waals surface area (Å²) in [5.74, 6) is 0.202. The van der Waals surface area contributed by atoms with Gasteiger partial charge in [0, 0.05) is 5.41 Å². The quantitative estimate of drug-likeness (QED) is 0.565. The number of rotatable bonds is 2. The van der Waals surface area contributed by atoms with Gasteiger partial charge in [0.05, 0.1) is 6.10 Å². The lowest BCUT2D eigenvalue weighted by Crippen LogP contribution is -2.59. The summed E-state index contributed by atoms with van der Waals surface area (Å²) in [7, 11) is 0. The van der Waals surface area contributed by atoms with Crippen LogP contribution in [-0.2, 0) is 14.3 Å². The standard InChI is InChI=1S/C16H26O3/c1-6-10-16-11(2)8-7-9-12(16)18-14(15(3,4)5)19-13(16)17/h6,11-12,14H,1,7-10H2,2-5H3. The normalized spacial score (nSPS) is 39.4. The molecule has 3 nitrogen and oxygen atoms in total. The molecule has 0 aromatic carbocycles. The number of hydrogen-bond acceptors (Lipinski definition) is 3. The van der Waals surface area contributed by atoms with Crippen molar-refractivity contribution in [2.24, 2.45) is 16.7 Å². The zero-order valence-corrected chi connectivity index (χ0v) is 12.6. The number of carbonyl (C=O) groups excluding carboxylic acids is 1. The van der Waals surface area contributed by atoms with Crippen LogP contribution in [0.1, 0.15) is 53.4 Å². The largest absolute Gasteiger partial charge is 0.435 e. The first-order valence-electron chi connectivity index (χ1n) is 7.30. The van der Waals surface area contributed by atoms with E-state index in [1.54, 1.807) is 0 Å². The van der Waals surface area contributed by atoms with E-state index in [1.807, 2.05) is 26.8 Å². The fraction of sp³-hybridized carbons (Fsp3) is 0.812. The highest BCUT2D eigenvalue weighted by molar-refractivity contribution is 5.79. The Morgan fingerprint density at radius 1 is 1.42 bits per heavy atom. The molecule has 0 radical (unpaired) electrons. The van der Waals surface area contributed by atoms with E-state index in [9.17, 15) is 4.79 Å². The topological polar surface area (TPSA) is 35.5 Å². The van der Waals surface area contributed by atoms with E-state index in [0.29, 0.717) is 6.42 Å². The maximum absolute atomic E-state index is 12.7. The highest BCUT2D eigenvalue weighted by Crippen LogP contribution is 2.51. The zero-order chi connectivity index (χ0) is 14.3. The molecule has 4 unspecified atom stereocenters. The molecule has 1 heterocycles. The van der Waals surface area contributed by atoms with E-state index >= 15 is 0 Å². The predicted molar refractivity (Wildman–Crippen MR) is 74.5 cm³/mol. The molecule has 108 valence electrons. The second-order valence-electron chi connectivity index (χ2n) is 7.09. The van der Waals surface area contributed by atoms with Crippen LogP contribution in [0.4, 0.5) is 0 Å². The number of carbonyl (C=O) groups is 1. The zero-order valence-electron chi connectivity index (χ0n) is 12.6. The van der Waals surface area contributed by atoms with Gasteiger partial charge in [-0.1, -0.05) is 40.2 Å². The molecule has 0 aromatic rings. The van der Waals surface area contributed by atoms with Crippen molar-refractivity contribution in [3.63, 3.8) is 0 Å². The maximum atomic E-state index is 12.7. The summed E-state index contributed by atoms with van der Waals surface area (Å²) in [6.45, 7) is 12.1. The first-order chi connectivity index (χ1) is 8.82. The molecule has 1 saturated heterocycles. The first-order valence-corrected chi connectivity index (χ1v) is 7.30. The lowest BCUT2D eigenvalue weighted by Gasteiger charge is -2.52. The van der Waals surface area contributed by atoms with Gasteiger partial charge in [0.2, 0.25) is 6.29 Å². The molecular weight excluding hydrogens is 240 g/mol. The molecule has 1 aliphatic heterocycles. The smallest absolute Gasteiger partial charge is 0.317 e. The Balaban J connectivity index is 2.32. The lowest BCUT2D eigenvalue weighted by atomic mass is 9.62. The van der Waals surface area contributed by atoms with Crippen LogP contribution >= 0.6 is 0 Å². The van der Waals surface area contributed by atoms with Crippen LogP contribution in [-0.4, -0.2) is 18.4 Å². The van der Waals surface area contributed by atoms with E-state index in [4.69, 9.17) is 9.47 Å². The Kier molecular flexibility index (Phi) is 3.78. The summed E-state index contributed by atoms with van der Waals surface area (Å²) in [4.78, 5) is 12.7. The van der Waals surface area contributed by atoms with Gasteiger partial charge < -0.3 is 9.47 Å². The Morgan fingerprint density at radius 2 is 2.11 bits per heavy atom. The van der Waals surface area contributed by atoms with Crippen molar-refractivity contribution in [1.82, 2.24) is 0 Å². The van der Waals surface area contributed by atoms with Crippen molar-refractivity contribution < 1.29 is 14.3 Å². The molecule has 0 amide bonds. The number of hydrogen-bond donors (Lipinski definition) is 0. The lowest BCUT2D eigenvalue weighted by molar-refractivity contribution is -0.288. The van der Waals surface area contributed by atoms with Crippen LogP contribution in [0.5, 0.6) is 0 Å². The minimum absolute atomic E-state index is 0.0280. The van der Waals surface area contributed by atoms with Crippen LogP contribution in [0, 0.1) is 16.7 Å². The molecule has 1 aliphatic carbocycles. The van der Waals surface area contributed by atoms with Crippen molar-refractivity contribution >= 4 is 5.97 Å². The van der Waals surface area contributed by atoms with Crippen molar-refractivity contribution in [3.8, 4) is 0 Å². The molecular formula is C16H26O3. The van der Waals surface area contributed by atoms with Crippen molar-refractivity contribution in [1.29, 1.82) is 0 Å². The SMILES string of the molecule is C=CCC12C(=O)OC(C(C)(C)C)OC1CCCC2C. The molecule has 2 aliphatic rings. The third-order valence-electron chi connectivity index (χ3n) is 4.63. The summed E-state index contributed by atoms with van der Waals surface area (Å²) >= 11 is 0.